The molecule has 2 aliphatic heterocycles. The van der Waals surface area contributed by atoms with Crippen LogP contribution in [0, 0.1) is 0 Å². The maximum absolute atomic E-state index is 2.73. The van der Waals surface area contributed by atoms with Gasteiger partial charge in [0.25, 0.3) is 0 Å². The Kier molecular flexibility index (Phi) is 24.1. The van der Waals surface area contributed by atoms with Crippen LogP contribution in [-0.4, -0.2) is 34.7 Å². The first-order valence-corrected chi connectivity index (χ1v) is 19.4. The molecule has 2 rings (SSSR count). The Morgan fingerprint density at radius 3 is 1.24 bits per heavy atom. The van der Waals surface area contributed by atoms with Crippen LogP contribution >= 0.6 is 0 Å². The average molecular weight is 583 g/mol. The Hall–Kier alpha value is -1.18. The number of nitrogens with zero attached hydrogens (tertiary/aromatic N) is 2. The molecule has 0 spiro atoms. The maximum Gasteiger partial charge on any atom is 0.177 e. The first kappa shape index (κ1) is 37.0. The molecule has 42 heavy (non-hydrogen) atoms. The van der Waals surface area contributed by atoms with Gasteiger partial charge < -0.3 is 0 Å². The number of hydrogen-bond donors (Lipinski definition) is 0. The van der Waals surface area contributed by atoms with Crippen LogP contribution in [0.1, 0.15) is 206 Å². The summed E-state index contributed by atoms with van der Waals surface area (Å²) in [5.74, 6) is 0. The van der Waals surface area contributed by atoms with E-state index in [4.69, 9.17) is 0 Å². The summed E-state index contributed by atoms with van der Waals surface area (Å²) in [4.78, 5) is 0. The van der Waals surface area contributed by atoms with Gasteiger partial charge >= 0.3 is 0 Å². The molecule has 2 heteroatoms. The van der Waals surface area contributed by atoms with E-state index in [1.165, 1.54) is 206 Å². The van der Waals surface area contributed by atoms with Crippen molar-refractivity contribution in [2.45, 2.75) is 206 Å². The highest BCUT2D eigenvalue weighted by Crippen LogP contribution is 2.21. The summed E-state index contributed by atoms with van der Waals surface area (Å²) in [6.07, 6.45) is 51.5. The Morgan fingerprint density at radius 1 is 0.452 bits per heavy atom. The predicted molar refractivity (Wildman–Crippen MR) is 188 cm³/mol. The Balaban J connectivity index is 2.11. The number of allylic oxidation sites excluding steroid dienone is 4. The van der Waals surface area contributed by atoms with E-state index in [1.807, 2.05) is 0 Å². The summed E-state index contributed by atoms with van der Waals surface area (Å²) in [7, 11) is 0. The first-order chi connectivity index (χ1) is 20.8. The number of unbranched alkanes of at least 4 members (excludes halogenated alkanes) is 12. The lowest BCUT2D eigenvalue weighted by Gasteiger charge is -2.11. The molecule has 0 unspecified atom stereocenters. The van der Waals surface area contributed by atoms with E-state index >= 15 is 0 Å². The zero-order chi connectivity index (χ0) is 29.8. The van der Waals surface area contributed by atoms with Crippen LogP contribution in [0.15, 0.2) is 23.5 Å². The number of rotatable bonds is 17. The van der Waals surface area contributed by atoms with Crippen LogP contribution in [0.25, 0.3) is 0 Å². The second-order valence-electron chi connectivity index (χ2n) is 13.6. The monoisotopic (exact) mass is 583 g/mol. The molecule has 0 aromatic carbocycles. The summed E-state index contributed by atoms with van der Waals surface area (Å²) in [6.45, 7) is 7.10. The fraction of sp³-hybridized carbons (Fsp3) is 0.850. The van der Waals surface area contributed by atoms with Crippen LogP contribution in [0.3, 0.4) is 0 Å². The molecule has 0 aromatic heterocycles. The first-order valence-electron chi connectivity index (χ1n) is 19.4. The van der Waals surface area contributed by atoms with Gasteiger partial charge in [-0.05, 0) is 63.5 Å². The SMILES string of the molecule is CCCCCCCCC=[N+]1CCCCCCCC/C=C\1CC/C1=C\CCCCCCCC[N+]1=CCCCCCCCC. The van der Waals surface area contributed by atoms with Crippen LogP contribution in [-0.2, 0) is 0 Å². The van der Waals surface area contributed by atoms with Crippen molar-refractivity contribution in [2.24, 2.45) is 0 Å². The summed E-state index contributed by atoms with van der Waals surface area (Å²) in [5, 5.41) is 0. The summed E-state index contributed by atoms with van der Waals surface area (Å²) in [6, 6.07) is 0. The largest absolute Gasteiger partial charge is 0.207 e. The van der Waals surface area contributed by atoms with Crippen molar-refractivity contribution in [3.05, 3.63) is 23.5 Å². The highest BCUT2D eigenvalue weighted by Gasteiger charge is 2.19. The standard InChI is InChI=1S/C40H74N2/c1-3-5-7-9-15-21-27-35-41-37-29-23-17-11-13-19-25-31-39(41)33-34-40-32-26-20-14-12-18-24-30-38-42(40)36-28-22-16-10-8-6-4-2/h31-32,35-36H,3-30,33-34,37-38H2,1-2H3/q+2/b39-31-,40-32+,41-35?,42-36?. The molecule has 0 aliphatic carbocycles. The van der Waals surface area contributed by atoms with Crippen molar-refractivity contribution >= 4 is 12.4 Å². The van der Waals surface area contributed by atoms with Gasteiger partial charge in [-0.25, -0.2) is 9.15 Å². The zero-order valence-corrected chi connectivity index (χ0v) is 28.8. The third kappa shape index (κ3) is 19.2. The van der Waals surface area contributed by atoms with Crippen molar-refractivity contribution in [3.63, 3.8) is 0 Å². The molecule has 0 amide bonds. The molecule has 2 aliphatic rings. The lowest BCUT2D eigenvalue weighted by atomic mass is 10.1. The third-order valence-corrected chi connectivity index (χ3v) is 9.66. The topological polar surface area (TPSA) is 6.02 Å². The lowest BCUT2D eigenvalue weighted by molar-refractivity contribution is -0.485. The minimum Gasteiger partial charge on any atom is -0.207 e. The van der Waals surface area contributed by atoms with Gasteiger partial charge in [-0.1, -0.05) is 117 Å². The van der Waals surface area contributed by atoms with Gasteiger partial charge in [0.1, 0.15) is 25.5 Å². The average Bonchev–Trinajstić information content (AvgIpc) is 3.09. The van der Waals surface area contributed by atoms with Gasteiger partial charge in [0.05, 0.1) is 0 Å². The molecule has 0 atom stereocenters. The summed E-state index contributed by atoms with van der Waals surface area (Å²) in [5.41, 5.74) is 3.27. The molecule has 242 valence electrons. The van der Waals surface area contributed by atoms with E-state index in [0.29, 0.717) is 0 Å². The van der Waals surface area contributed by atoms with Gasteiger partial charge in [-0.3, -0.25) is 0 Å². The van der Waals surface area contributed by atoms with Crippen LogP contribution < -0.4 is 0 Å². The Labute approximate surface area is 264 Å². The molecule has 0 saturated carbocycles. The molecule has 0 saturated heterocycles. The van der Waals surface area contributed by atoms with E-state index in [-0.39, 0.29) is 0 Å². The number of hydrogen-bond acceptors (Lipinski definition) is 0. The van der Waals surface area contributed by atoms with Crippen molar-refractivity contribution in [1.82, 2.24) is 0 Å². The zero-order valence-electron chi connectivity index (χ0n) is 28.8. The van der Waals surface area contributed by atoms with Gasteiger partial charge in [0.15, 0.2) is 11.4 Å². The highest BCUT2D eigenvalue weighted by atomic mass is 15.0. The van der Waals surface area contributed by atoms with Gasteiger partial charge in [-0.15, -0.1) is 0 Å². The molecule has 0 fully saturated rings. The Bertz CT molecular complexity index is 692. The molecule has 0 bridgehead atoms. The molecule has 2 heterocycles. The third-order valence-electron chi connectivity index (χ3n) is 9.66. The summed E-state index contributed by atoms with van der Waals surface area (Å²) < 4.78 is 5.46. The van der Waals surface area contributed by atoms with E-state index < -0.39 is 0 Å². The van der Waals surface area contributed by atoms with Crippen LogP contribution in [0.5, 0.6) is 0 Å². The van der Waals surface area contributed by atoms with Gasteiger partial charge in [0, 0.05) is 38.5 Å². The highest BCUT2D eigenvalue weighted by molar-refractivity contribution is 5.52. The molecular weight excluding hydrogens is 508 g/mol. The maximum atomic E-state index is 2.73. The summed E-state index contributed by atoms with van der Waals surface area (Å²) >= 11 is 0. The molecule has 0 aromatic rings. The quantitative estimate of drug-likeness (QED) is 0.119. The normalized spacial score (nSPS) is 23.0. The second kappa shape index (κ2) is 27.4. The minimum absolute atomic E-state index is 1.21. The van der Waals surface area contributed by atoms with E-state index in [0.717, 1.165) is 0 Å². The molecular formula is C40H74N2+2. The van der Waals surface area contributed by atoms with E-state index in [1.54, 1.807) is 11.4 Å². The molecule has 2 nitrogen and oxygen atoms in total. The van der Waals surface area contributed by atoms with Crippen molar-refractivity contribution < 1.29 is 9.15 Å². The van der Waals surface area contributed by atoms with E-state index in [2.05, 4.69) is 47.6 Å². The van der Waals surface area contributed by atoms with Gasteiger partial charge in [-0.2, -0.15) is 0 Å². The van der Waals surface area contributed by atoms with Crippen LogP contribution in [0.4, 0.5) is 0 Å². The van der Waals surface area contributed by atoms with Gasteiger partial charge in [0.2, 0.25) is 0 Å². The van der Waals surface area contributed by atoms with Crippen molar-refractivity contribution in [1.29, 1.82) is 0 Å². The van der Waals surface area contributed by atoms with Crippen molar-refractivity contribution in [2.75, 3.05) is 13.1 Å². The smallest absolute Gasteiger partial charge is 0.177 e. The molecule has 0 N–H and O–H groups in total. The minimum atomic E-state index is 1.21. The second-order valence-corrected chi connectivity index (χ2v) is 13.6. The molecule has 0 radical (unpaired) electrons. The fourth-order valence-corrected chi connectivity index (χ4v) is 6.83. The van der Waals surface area contributed by atoms with E-state index in [9.17, 15) is 0 Å². The fourth-order valence-electron chi connectivity index (χ4n) is 6.83. The van der Waals surface area contributed by atoms with Crippen LogP contribution in [0.2, 0.25) is 0 Å². The van der Waals surface area contributed by atoms with Crippen molar-refractivity contribution in [3.8, 4) is 0 Å². The lowest BCUT2D eigenvalue weighted by Crippen LogP contribution is -2.18. The Morgan fingerprint density at radius 2 is 0.810 bits per heavy atom. The predicted octanol–water partition coefficient (Wildman–Crippen LogP) is 12.7.